The first kappa shape index (κ1) is 16.7. The lowest BCUT2D eigenvalue weighted by Crippen LogP contribution is -2.50. The Morgan fingerprint density at radius 1 is 1.12 bits per heavy atom. The number of nitrogens with one attached hydrogen (secondary N) is 1. The Labute approximate surface area is 154 Å². The van der Waals surface area contributed by atoms with Gasteiger partial charge in [0.2, 0.25) is 5.91 Å². The standard InChI is InChI=1S/C18H18N4O3S/c23-16(20-18-19-13-4-1-2-6-15(13)26-18)12-21-7-9-22(10-8-21)17(24)14-5-3-11-25-14/h1-6,11H,7-10,12H2,(H,19,20,23). The molecule has 0 bridgehead atoms. The maximum absolute atomic E-state index is 12.3. The van der Waals surface area contributed by atoms with Crippen LogP contribution in [0.25, 0.3) is 10.2 Å². The number of nitrogens with zero attached hydrogens (tertiary/aromatic N) is 3. The molecule has 0 atom stereocenters. The van der Waals surface area contributed by atoms with Crippen molar-refractivity contribution in [1.82, 2.24) is 14.8 Å². The van der Waals surface area contributed by atoms with Crippen LogP contribution in [0.2, 0.25) is 0 Å². The van der Waals surface area contributed by atoms with Gasteiger partial charge >= 0.3 is 0 Å². The highest BCUT2D eigenvalue weighted by Crippen LogP contribution is 2.25. The SMILES string of the molecule is O=C(CN1CCN(C(=O)c2ccco2)CC1)Nc1nc2ccccc2s1. The van der Waals surface area contributed by atoms with E-state index in [0.29, 0.717) is 43.6 Å². The smallest absolute Gasteiger partial charge is 0.289 e. The zero-order valence-corrected chi connectivity index (χ0v) is 14.9. The van der Waals surface area contributed by atoms with Crippen LogP contribution in [0.3, 0.4) is 0 Å². The molecule has 8 heteroatoms. The highest BCUT2D eigenvalue weighted by atomic mass is 32.1. The maximum Gasteiger partial charge on any atom is 0.289 e. The predicted molar refractivity (Wildman–Crippen MR) is 99.3 cm³/mol. The molecule has 2 amide bonds. The number of rotatable bonds is 4. The number of hydrogen-bond donors (Lipinski definition) is 1. The molecule has 0 unspecified atom stereocenters. The van der Waals surface area contributed by atoms with Crippen molar-refractivity contribution in [2.75, 3.05) is 38.0 Å². The van der Waals surface area contributed by atoms with Crippen molar-refractivity contribution >= 4 is 38.5 Å². The molecular weight excluding hydrogens is 352 g/mol. The molecule has 1 fully saturated rings. The first-order valence-corrected chi connectivity index (χ1v) is 9.21. The van der Waals surface area contributed by atoms with E-state index in [2.05, 4.69) is 10.3 Å². The summed E-state index contributed by atoms with van der Waals surface area (Å²) in [5.74, 6) is 0.162. The number of carbonyl (C=O) groups excluding carboxylic acids is 2. The van der Waals surface area contributed by atoms with Gasteiger partial charge < -0.3 is 14.6 Å². The third-order valence-electron chi connectivity index (χ3n) is 4.30. The van der Waals surface area contributed by atoms with Gasteiger partial charge in [-0.25, -0.2) is 4.98 Å². The lowest BCUT2D eigenvalue weighted by atomic mass is 10.3. The summed E-state index contributed by atoms with van der Waals surface area (Å²) in [6.45, 7) is 2.75. The quantitative estimate of drug-likeness (QED) is 0.762. The highest BCUT2D eigenvalue weighted by molar-refractivity contribution is 7.22. The van der Waals surface area contributed by atoms with Crippen LogP contribution in [0.4, 0.5) is 5.13 Å². The summed E-state index contributed by atoms with van der Waals surface area (Å²) in [6, 6.07) is 11.2. The van der Waals surface area contributed by atoms with E-state index in [-0.39, 0.29) is 11.8 Å². The lowest BCUT2D eigenvalue weighted by Gasteiger charge is -2.33. The Morgan fingerprint density at radius 2 is 1.92 bits per heavy atom. The van der Waals surface area contributed by atoms with Crippen molar-refractivity contribution < 1.29 is 14.0 Å². The Bertz CT molecular complexity index is 881. The molecule has 1 aliphatic heterocycles. The summed E-state index contributed by atoms with van der Waals surface area (Å²) in [5, 5.41) is 3.48. The van der Waals surface area contributed by atoms with E-state index < -0.39 is 0 Å². The summed E-state index contributed by atoms with van der Waals surface area (Å²) < 4.78 is 6.21. The lowest BCUT2D eigenvalue weighted by molar-refractivity contribution is -0.117. The first-order valence-electron chi connectivity index (χ1n) is 8.39. The summed E-state index contributed by atoms with van der Waals surface area (Å²) in [4.78, 5) is 32.7. The van der Waals surface area contributed by atoms with E-state index in [1.807, 2.05) is 29.2 Å². The molecule has 7 nitrogen and oxygen atoms in total. The van der Waals surface area contributed by atoms with Gasteiger partial charge in [-0.15, -0.1) is 0 Å². The average Bonchev–Trinajstić information content (AvgIpc) is 3.31. The van der Waals surface area contributed by atoms with Gasteiger partial charge in [-0.05, 0) is 24.3 Å². The summed E-state index contributed by atoms with van der Waals surface area (Å²) in [6.07, 6.45) is 1.50. The number of hydrogen-bond acceptors (Lipinski definition) is 6. The van der Waals surface area contributed by atoms with Crippen molar-refractivity contribution in [2.45, 2.75) is 0 Å². The minimum Gasteiger partial charge on any atom is -0.459 e. The Balaban J connectivity index is 1.28. The third kappa shape index (κ3) is 3.61. The first-order chi connectivity index (χ1) is 12.7. The highest BCUT2D eigenvalue weighted by Gasteiger charge is 2.24. The van der Waals surface area contributed by atoms with E-state index >= 15 is 0 Å². The molecule has 1 saturated heterocycles. The zero-order chi connectivity index (χ0) is 17.9. The number of aromatic nitrogens is 1. The van der Waals surface area contributed by atoms with Gasteiger partial charge in [0.05, 0.1) is 23.0 Å². The molecule has 0 radical (unpaired) electrons. The second-order valence-electron chi connectivity index (χ2n) is 6.08. The fraction of sp³-hybridized carbons (Fsp3) is 0.278. The molecule has 3 aromatic rings. The molecule has 0 saturated carbocycles. The molecule has 1 aliphatic rings. The normalized spacial score (nSPS) is 15.3. The molecule has 3 heterocycles. The molecule has 1 aromatic carbocycles. The number of furan rings is 1. The summed E-state index contributed by atoms with van der Waals surface area (Å²) in [5.41, 5.74) is 0.887. The number of fused-ring (bicyclic) bond motifs is 1. The fourth-order valence-corrected chi connectivity index (χ4v) is 3.83. The minimum absolute atomic E-state index is 0.0881. The van der Waals surface area contributed by atoms with E-state index in [9.17, 15) is 9.59 Å². The number of carbonyl (C=O) groups is 2. The average molecular weight is 370 g/mol. The molecular formula is C18H18N4O3S. The molecule has 134 valence electrons. The topological polar surface area (TPSA) is 78.7 Å². The number of piperazine rings is 1. The van der Waals surface area contributed by atoms with Crippen LogP contribution in [-0.2, 0) is 4.79 Å². The van der Waals surface area contributed by atoms with E-state index in [1.54, 1.807) is 17.0 Å². The monoisotopic (exact) mass is 370 g/mol. The molecule has 26 heavy (non-hydrogen) atoms. The molecule has 4 rings (SSSR count). The zero-order valence-electron chi connectivity index (χ0n) is 14.1. The maximum atomic E-state index is 12.3. The van der Waals surface area contributed by atoms with Crippen molar-refractivity contribution in [1.29, 1.82) is 0 Å². The van der Waals surface area contributed by atoms with E-state index in [1.165, 1.54) is 17.6 Å². The van der Waals surface area contributed by atoms with Crippen molar-refractivity contribution in [2.24, 2.45) is 0 Å². The van der Waals surface area contributed by atoms with Crippen LogP contribution < -0.4 is 5.32 Å². The van der Waals surface area contributed by atoms with Crippen LogP contribution in [0.15, 0.2) is 47.1 Å². The second-order valence-corrected chi connectivity index (χ2v) is 7.11. The van der Waals surface area contributed by atoms with Gasteiger partial charge in [-0.2, -0.15) is 0 Å². The molecule has 0 spiro atoms. The van der Waals surface area contributed by atoms with Gasteiger partial charge in [0, 0.05) is 26.2 Å². The van der Waals surface area contributed by atoms with Crippen molar-refractivity contribution in [3.8, 4) is 0 Å². The Morgan fingerprint density at radius 3 is 2.65 bits per heavy atom. The van der Waals surface area contributed by atoms with Gasteiger partial charge in [0.25, 0.3) is 5.91 Å². The van der Waals surface area contributed by atoms with Gasteiger partial charge in [0.1, 0.15) is 0 Å². The predicted octanol–water partition coefficient (Wildman–Crippen LogP) is 2.29. The van der Waals surface area contributed by atoms with Crippen LogP contribution in [0.1, 0.15) is 10.6 Å². The Hall–Kier alpha value is -2.71. The Kier molecular flexibility index (Phi) is 4.68. The number of benzene rings is 1. The van der Waals surface area contributed by atoms with Crippen LogP contribution in [-0.4, -0.2) is 59.3 Å². The minimum atomic E-state index is -0.103. The number of amides is 2. The number of para-hydroxylation sites is 1. The molecule has 1 N–H and O–H groups in total. The van der Waals surface area contributed by atoms with Gasteiger partial charge in [-0.1, -0.05) is 23.5 Å². The van der Waals surface area contributed by atoms with E-state index in [0.717, 1.165) is 10.2 Å². The van der Waals surface area contributed by atoms with Gasteiger partial charge in [0.15, 0.2) is 10.9 Å². The number of thiazole rings is 1. The molecule has 0 aliphatic carbocycles. The van der Waals surface area contributed by atoms with Gasteiger partial charge in [-0.3, -0.25) is 14.5 Å². The van der Waals surface area contributed by atoms with Crippen LogP contribution in [0.5, 0.6) is 0 Å². The van der Waals surface area contributed by atoms with Crippen LogP contribution >= 0.6 is 11.3 Å². The largest absolute Gasteiger partial charge is 0.459 e. The fourth-order valence-electron chi connectivity index (χ4n) is 2.95. The second kappa shape index (κ2) is 7.27. The molecule has 2 aromatic heterocycles. The van der Waals surface area contributed by atoms with Crippen LogP contribution in [0, 0.1) is 0 Å². The van der Waals surface area contributed by atoms with Crippen molar-refractivity contribution in [3.05, 3.63) is 48.4 Å². The van der Waals surface area contributed by atoms with Crippen molar-refractivity contribution in [3.63, 3.8) is 0 Å². The number of anilines is 1. The van der Waals surface area contributed by atoms with E-state index in [4.69, 9.17) is 4.42 Å². The third-order valence-corrected chi connectivity index (χ3v) is 5.25. The summed E-state index contributed by atoms with van der Waals surface area (Å²) >= 11 is 1.47. The summed E-state index contributed by atoms with van der Waals surface area (Å²) in [7, 11) is 0.